The van der Waals surface area contributed by atoms with Gasteiger partial charge in [0.15, 0.2) is 6.10 Å². The highest BCUT2D eigenvalue weighted by Crippen LogP contribution is 2.50. The Morgan fingerprint density at radius 3 is 1.92 bits per heavy atom. The molecule has 1 fully saturated rings. The molecular weight excluding hydrogens is 572 g/mol. The van der Waals surface area contributed by atoms with Crippen LogP contribution in [0, 0.1) is 5.92 Å². The molecule has 0 spiro atoms. The minimum absolute atomic E-state index is 0.0224. The van der Waals surface area contributed by atoms with Crippen LogP contribution in [0.25, 0.3) is 0 Å². The summed E-state index contributed by atoms with van der Waals surface area (Å²) >= 11 is 3.38. The van der Waals surface area contributed by atoms with Crippen LogP contribution in [0.5, 0.6) is 0 Å². The predicted molar refractivity (Wildman–Crippen MR) is 90.2 cm³/mol. The van der Waals surface area contributed by atoms with Crippen LogP contribution in [0.4, 0.5) is 26.3 Å². The van der Waals surface area contributed by atoms with Crippen LogP contribution >= 0.6 is 45.2 Å². The number of alkyl halides is 8. The van der Waals surface area contributed by atoms with E-state index in [0.717, 1.165) is 0 Å². The predicted octanol–water partition coefficient (Wildman–Crippen LogP) is 4.57. The molecule has 1 saturated carbocycles. The first-order chi connectivity index (χ1) is 10.7. The molecule has 1 aliphatic carbocycles. The van der Waals surface area contributed by atoms with Crippen LogP contribution in [0.3, 0.4) is 0 Å². The second-order valence-corrected chi connectivity index (χ2v) is 9.11. The summed E-state index contributed by atoms with van der Waals surface area (Å²) < 4.78 is 82.5. The molecule has 0 radical (unpaired) electrons. The van der Waals surface area contributed by atoms with Gasteiger partial charge in [0.05, 0.1) is 0 Å². The Hall–Kier alpha value is 0.470. The SMILES string of the molecule is CC(I)(CI)C(=O)OC(C1CCCC1)C(O)(C(F)(F)F)C(F)(F)F. The lowest BCUT2D eigenvalue weighted by atomic mass is 9.84. The summed E-state index contributed by atoms with van der Waals surface area (Å²) in [5, 5.41) is 9.66. The molecule has 1 rings (SSSR count). The van der Waals surface area contributed by atoms with Gasteiger partial charge in [-0.05, 0) is 25.7 Å². The fourth-order valence-electron chi connectivity index (χ4n) is 2.56. The number of rotatable bonds is 5. The van der Waals surface area contributed by atoms with Gasteiger partial charge in [-0.25, -0.2) is 0 Å². The zero-order valence-corrected chi connectivity index (χ0v) is 16.8. The maximum atomic E-state index is 13.2. The van der Waals surface area contributed by atoms with E-state index in [1.54, 1.807) is 45.2 Å². The summed E-state index contributed by atoms with van der Waals surface area (Å²) in [6.45, 7) is 1.34. The second-order valence-electron chi connectivity index (χ2n) is 5.96. The molecule has 1 aliphatic rings. The zero-order valence-electron chi connectivity index (χ0n) is 12.5. The first-order valence-electron chi connectivity index (χ1n) is 7.00. The summed E-state index contributed by atoms with van der Waals surface area (Å²) in [6, 6.07) is 0. The quantitative estimate of drug-likeness (QED) is 0.222. The Balaban J connectivity index is 3.33. The topological polar surface area (TPSA) is 46.5 Å². The van der Waals surface area contributed by atoms with Crippen LogP contribution in [0.1, 0.15) is 32.6 Å². The molecule has 24 heavy (non-hydrogen) atoms. The highest BCUT2D eigenvalue weighted by molar-refractivity contribution is 14.1. The molecule has 0 heterocycles. The van der Waals surface area contributed by atoms with E-state index < -0.39 is 39.4 Å². The molecule has 3 nitrogen and oxygen atoms in total. The Morgan fingerprint density at radius 1 is 1.17 bits per heavy atom. The van der Waals surface area contributed by atoms with Gasteiger partial charge in [-0.2, -0.15) is 26.3 Å². The summed E-state index contributed by atoms with van der Waals surface area (Å²) in [5.41, 5.74) is -5.09. The lowest BCUT2D eigenvalue weighted by Gasteiger charge is -2.41. The maximum Gasteiger partial charge on any atom is 0.430 e. The van der Waals surface area contributed by atoms with Crippen LogP contribution in [0.2, 0.25) is 0 Å². The van der Waals surface area contributed by atoms with E-state index in [2.05, 4.69) is 4.74 Å². The van der Waals surface area contributed by atoms with Crippen LogP contribution in [0.15, 0.2) is 0 Å². The largest absolute Gasteiger partial charge is 0.457 e. The van der Waals surface area contributed by atoms with Gasteiger partial charge in [0.2, 0.25) is 0 Å². The normalized spacial score (nSPS) is 21.4. The van der Waals surface area contributed by atoms with Gasteiger partial charge >= 0.3 is 18.3 Å². The van der Waals surface area contributed by atoms with Crippen molar-refractivity contribution in [3.8, 4) is 0 Å². The molecule has 2 unspecified atom stereocenters. The average Bonchev–Trinajstić information content (AvgIpc) is 2.94. The monoisotopic (exact) mass is 588 g/mol. The Morgan fingerprint density at radius 2 is 1.58 bits per heavy atom. The van der Waals surface area contributed by atoms with Gasteiger partial charge < -0.3 is 9.84 Å². The van der Waals surface area contributed by atoms with Crippen molar-refractivity contribution in [3.05, 3.63) is 0 Å². The van der Waals surface area contributed by atoms with Crippen LogP contribution < -0.4 is 0 Å². The highest BCUT2D eigenvalue weighted by Gasteiger charge is 2.76. The maximum absolute atomic E-state index is 13.2. The van der Waals surface area contributed by atoms with E-state index in [0.29, 0.717) is 12.8 Å². The molecule has 0 saturated heterocycles. The minimum Gasteiger partial charge on any atom is -0.457 e. The van der Waals surface area contributed by atoms with Crippen molar-refractivity contribution in [1.29, 1.82) is 0 Å². The second kappa shape index (κ2) is 7.61. The van der Waals surface area contributed by atoms with Crippen molar-refractivity contribution < 1.29 is 41.0 Å². The Kier molecular flexibility index (Phi) is 7.13. The molecule has 0 amide bonds. The molecule has 0 aromatic rings. The standard InChI is InChI=1S/C13H16F6I2O3/c1-10(21,6-20)9(22)24-8(7-4-2-3-5-7)11(23,12(14,15)16)13(17,18)19/h7-8,23H,2-6H2,1H3. The van der Waals surface area contributed by atoms with Gasteiger partial charge in [0.1, 0.15) is 3.42 Å². The average molecular weight is 588 g/mol. The van der Waals surface area contributed by atoms with Gasteiger partial charge in [-0.15, -0.1) is 0 Å². The molecule has 2 atom stereocenters. The van der Waals surface area contributed by atoms with E-state index in [4.69, 9.17) is 0 Å². The number of hydrogen-bond donors (Lipinski definition) is 1. The number of ether oxygens (including phenoxy) is 1. The van der Waals surface area contributed by atoms with Crippen molar-refractivity contribution >= 4 is 51.2 Å². The Labute approximate surface area is 162 Å². The van der Waals surface area contributed by atoms with Crippen molar-refractivity contribution in [2.24, 2.45) is 5.92 Å². The van der Waals surface area contributed by atoms with E-state index in [9.17, 15) is 36.2 Å². The smallest absolute Gasteiger partial charge is 0.430 e. The zero-order chi connectivity index (χ0) is 19.0. The van der Waals surface area contributed by atoms with Crippen molar-refractivity contribution in [2.45, 2.75) is 60.1 Å². The summed E-state index contributed by atoms with van der Waals surface area (Å²) in [7, 11) is 0. The van der Waals surface area contributed by atoms with E-state index in [1.807, 2.05) is 0 Å². The van der Waals surface area contributed by atoms with Crippen molar-refractivity contribution in [1.82, 2.24) is 0 Å². The molecule has 11 heteroatoms. The number of aliphatic hydroxyl groups is 1. The summed E-state index contributed by atoms with van der Waals surface area (Å²) in [6.07, 6.45) is -13.9. The van der Waals surface area contributed by atoms with E-state index in [-0.39, 0.29) is 17.3 Å². The first-order valence-corrected chi connectivity index (χ1v) is 9.60. The van der Waals surface area contributed by atoms with Crippen molar-refractivity contribution in [2.75, 3.05) is 4.43 Å². The van der Waals surface area contributed by atoms with Gasteiger partial charge in [-0.1, -0.05) is 58.0 Å². The lowest BCUT2D eigenvalue weighted by Crippen LogP contribution is -2.67. The molecule has 0 bridgehead atoms. The Bertz CT molecular complexity index is 444. The number of hydrogen-bond acceptors (Lipinski definition) is 3. The third-order valence-corrected chi connectivity index (χ3v) is 7.82. The van der Waals surface area contributed by atoms with Gasteiger partial charge in [0, 0.05) is 4.43 Å². The third-order valence-electron chi connectivity index (χ3n) is 4.01. The van der Waals surface area contributed by atoms with E-state index in [1.165, 1.54) is 6.92 Å². The number of esters is 1. The third kappa shape index (κ3) is 4.41. The number of halogens is 8. The first kappa shape index (κ1) is 22.5. The minimum atomic E-state index is -6.02. The molecule has 1 N–H and O–H groups in total. The molecule has 0 aromatic carbocycles. The lowest BCUT2D eigenvalue weighted by molar-refractivity contribution is -0.395. The van der Waals surface area contributed by atoms with Gasteiger partial charge in [-0.3, -0.25) is 4.79 Å². The number of carbonyl (C=O) groups excluding carboxylic acids is 1. The highest BCUT2D eigenvalue weighted by atomic mass is 127. The van der Waals surface area contributed by atoms with Gasteiger partial charge in [0.25, 0.3) is 5.60 Å². The van der Waals surface area contributed by atoms with Crippen LogP contribution in [-0.4, -0.2) is 43.0 Å². The summed E-state index contributed by atoms with van der Waals surface area (Å²) in [4.78, 5) is 12.1. The fraction of sp³-hybridized carbons (Fsp3) is 0.923. The number of carbonyl (C=O) groups is 1. The van der Waals surface area contributed by atoms with E-state index >= 15 is 0 Å². The molecule has 0 aliphatic heterocycles. The van der Waals surface area contributed by atoms with Crippen molar-refractivity contribution in [3.63, 3.8) is 0 Å². The molecule has 0 aromatic heterocycles. The summed E-state index contributed by atoms with van der Waals surface area (Å²) in [5.74, 6) is -2.41. The fourth-order valence-corrected chi connectivity index (χ4v) is 3.00. The molecule has 142 valence electrons. The molecular formula is C13H16F6I2O3. The van der Waals surface area contributed by atoms with Crippen LogP contribution in [-0.2, 0) is 9.53 Å².